The highest BCUT2D eigenvalue weighted by Gasteiger charge is 2.46. The molecule has 1 saturated heterocycles. The summed E-state index contributed by atoms with van der Waals surface area (Å²) in [7, 11) is 0. The van der Waals surface area contributed by atoms with Crippen molar-refractivity contribution in [3.8, 4) is 0 Å². The maximum atomic E-state index is 12.6. The SMILES string of the molecule is CCC1(C(=O)O)CCN(C(=O)C2CC3CCC2C3)CC1. The smallest absolute Gasteiger partial charge is 0.309 e. The van der Waals surface area contributed by atoms with E-state index >= 15 is 0 Å². The highest BCUT2D eigenvalue weighted by molar-refractivity contribution is 5.80. The fraction of sp³-hybridized carbons (Fsp3) is 0.875. The van der Waals surface area contributed by atoms with Crippen molar-refractivity contribution in [2.45, 2.75) is 51.9 Å². The lowest BCUT2D eigenvalue weighted by molar-refractivity contribution is -0.155. The normalized spacial score (nSPS) is 35.2. The Morgan fingerprint density at radius 2 is 1.90 bits per heavy atom. The van der Waals surface area contributed by atoms with Crippen molar-refractivity contribution in [2.75, 3.05) is 13.1 Å². The Labute approximate surface area is 120 Å². The Morgan fingerprint density at radius 1 is 1.20 bits per heavy atom. The van der Waals surface area contributed by atoms with Crippen molar-refractivity contribution in [3.63, 3.8) is 0 Å². The molecule has 0 spiro atoms. The first-order chi connectivity index (χ1) is 9.55. The second-order valence-corrected chi connectivity index (χ2v) is 7.05. The number of carboxylic acids is 1. The van der Waals surface area contributed by atoms with Gasteiger partial charge in [-0.1, -0.05) is 13.3 Å². The van der Waals surface area contributed by atoms with Gasteiger partial charge >= 0.3 is 5.97 Å². The molecule has 1 heterocycles. The molecule has 3 aliphatic rings. The van der Waals surface area contributed by atoms with Gasteiger partial charge in [-0.3, -0.25) is 9.59 Å². The second kappa shape index (κ2) is 5.05. The Morgan fingerprint density at radius 3 is 2.35 bits per heavy atom. The lowest BCUT2D eigenvalue weighted by Gasteiger charge is -2.40. The van der Waals surface area contributed by atoms with Gasteiger partial charge in [0.1, 0.15) is 0 Å². The molecule has 2 bridgehead atoms. The fourth-order valence-electron chi connectivity index (χ4n) is 4.66. The van der Waals surface area contributed by atoms with Gasteiger partial charge in [-0.2, -0.15) is 0 Å². The van der Waals surface area contributed by atoms with Crippen molar-refractivity contribution in [1.29, 1.82) is 0 Å². The lowest BCUT2D eigenvalue weighted by Crippen LogP contribution is -2.48. The molecule has 3 fully saturated rings. The van der Waals surface area contributed by atoms with E-state index in [1.807, 2.05) is 11.8 Å². The molecule has 3 rings (SSSR count). The summed E-state index contributed by atoms with van der Waals surface area (Å²) in [6.45, 7) is 3.21. The van der Waals surface area contributed by atoms with E-state index in [0.29, 0.717) is 44.2 Å². The van der Waals surface area contributed by atoms with Crippen LogP contribution >= 0.6 is 0 Å². The number of aliphatic carboxylic acids is 1. The number of rotatable bonds is 3. The summed E-state index contributed by atoms with van der Waals surface area (Å²) >= 11 is 0. The predicted octanol–water partition coefficient (Wildman–Crippen LogP) is 2.53. The first-order valence-corrected chi connectivity index (χ1v) is 8.08. The van der Waals surface area contributed by atoms with Crippen LogP contribution in [0, 0.1) is 23.2 Å². The van der Waals surface area contributed by atoms with Gasteiger partial charge < -0.3 is 10.0 Å². The van der Waals surface area contributed by atoms with Crippen LogP contribution in [0.15, 0.2) is 0 Å². The molecule has 0 radical (unpaired) electrons. The molecule has 1 amide bonds. The standard InChI is InChI=1S/C16H25NO3/c1-2-16(15(19)20)5-7-17(8-6-16)14(18)13-10-11-3-4-12(13)9-11/h11-13H,2-10H2,1H3,(H,19,20). The van der Waals surface area contributed by atoms with E-state index in [-0.39, 0.29) is 5.92 Å². The summed E-state index contributed by atoms with van der Waals surface area (Å²) in [6.07, 6.45) is 6.76. The topological polar surface area (TPSA) is 57.6 Å². The van der Waals surface area contributed by atoms with E-state index < -0.39 is 11.4 Å². The third-order valence-electron chi connectivity index (χ3n) is 6.22. The number of carbonyl (C=O) groups is 2. The Hall–Kier alpha value is -1.06. The number of carboxylic acid groups (broad SMARTS) is 1. The molecule has 2 aliphatic carbocycles. The fourth-order valence-corrected chi connectivity index (χ4v) is 4.66. The summed E-state index contributed by atoms with van der Waals surface area (Å²) in [4.78, 5) is 26.0. The molecule has 4 heteroatoms. The first-order valence-electron chi connectivity index (χ1n) is 8.08. The zero-order valence-electron chi connectivity index (χ0n) is 12.3. The van der Waals surface area contributed by atoms with Crippen LogP contribution < -0.4 is 0 Å². The number of likely N-dealkylation sites (tertiary alicyclic amines) is 1. The molecule has 20 heavy (non-hydrogen) atoms. The van der Waals surface area contributed by atoms with Crippen molar-refractivity contribution in [1.82, 2.24) is 4.90 Å². The molecule has 112 valence electrons. The van der Waals surface area contributed by atoms with Gasteiger partial charge in [0, 0.05) is 19.0 Å². The molecule has 0 aromatic heterocycles. The largest absolute Gasteiger partial charge is 0.481 e. The number of hydrogen-bond donors (Lipinski definition) is 1. The molecule has 2 saturated carbocycles. The molecule has 3 atom stereocenters. The summed E-state index contributed by atoms with van der Waals surface area (Å²) in [5, 5.41) is 9.41. The molecular weight excluding hydrogens is 254 g/mol. The highest BCUT2D eigenvalue weighted by atomic mass is 16.4. The zero-order valence-corrected chi connectivity index (χ0v) is 12.3. The first kappa shape index (κ1) is 13.9. The number of amides is 1. The van der Waals surface area contributed by atoms with Crippen molar-refractivity contribution in [2.24, 2.45) is 23.2 Å². The van der Waals surface area contributed by atoms with Crippen LogP contribution in [0.3, 0.4) is 0 Å². The van der Waals surface area contributed by atoms with E-state index in [1.165, 1.54) is 19.3 Å². The Kier molecular flexibility index (Phi) is 3.51. The van der Waals surface area contributed by atoms with E-state index in [2.05, 4.69) is 0 Å². The van der Waals surface area contributed by atoms with Crippen LogP contribution in [-0.2, 0) is 9.59 Å². The van der Waals surface area contributed by atoms with Gasteiger partial charge in [-0.25, -0.2) is 0 Å². The van der Waals surface area contributed by atoms with Crippen LogP contribution in [-0.4, -0.2) is 35.0 Å². The van der Waals surface area contributed by atoms with Crippen molar-refractivity contribution >= 4 is 11.9 Å². The average molecular weight is 279 g/mol. The minimum Gasteiger partial charge on any atom is -0.481 e. The second-order valence-electron chi connectivity index (χ2n) is 7.05. The molecule has 1 N–H and O–H groups in total. The van der Waals surface area contributed by atoms with Gasteiger partial charge in [0.25, 0.3) is 0 Å². The van der Waals surface area contributed by atoms with Crippen LogP contribution in [0.2, 0.25) is 0 Å². The molecule has 1 aliphatic heterocycles. The zero-order chi connectivity index (χ0) is 14.3. The molecule has 0 aromatic rings. The van der Waals surface area contributed by atoms with Gasteiger partial charge in [0.2, 0.25) is 5.91 Å². The molecular formula is C16H25NO3. The summed E-state index contributed by atoms with van der Waals surface area (Å²) < 4.78 is 0. The minimum atomic E-state index is -0.688. The maximum absolute atomic E-state index is 12.6. The molecule has 3 unspecified atom stereocenters. The minimum absolute atomic E-state index is 0.243. The predicted molar refractivity (Wildman–Crippen MR) is 75.1 cm³/mol. The third-order valence-corrected chi connectivity index (χ3v) is 6.22. The molecule has 4 nitrogen and oxygen atoms in total. The van der Waals surface area contributed by atoms with E-state index in [1.54, 1.807) is 0 Å². The Balaban J connectivity index is 1.61. The number of fused-ring (bicyclic) bond motifs is 2. The van der Waals surface area contributed by atoms with Crippen LogP contribution in [0.25, 0.3) is 0 Å². The van der Waals surface area contributed by atoms with Crippen LogP contribution in [0.5, 0.6) is 0 Å². The highest BCUT2D eigenvalue weighted by Crippen LogP contribution is 2.49. The average Bonchev–Trinajstić information content (AvgIpc) is 3.09. The third kappa shape index (κ3) is 2.13. The van der Waals surface area contributed by atoms with Crippen LogP contribution in [0.4, 0.5) is 0 Å². The number of nitrogens with zero attached hydrogens (tertiary/aromatic N) is 1. The van der Waals surface area contributed by atoms with E-state index in [0.717, 1.165) is 12.3 Å². The number of piperidine rings is 1. The number of carbonyl (C=O) groups excluding carboxylic acids is 1. The van der Waals surface area contributed by atoms with E-state index in [9.17, 15) is 14.7 Å². The van der Waals surface area contributed by atoms with Gasteiger partial charge in [-0.05, 0) is 50.4 Å². The maximum Gasteiger partial charge on any atom is 0.309 e. The Bertz CT molecular complexity index is 412. The summed E-state index contributed by atoms with van der Waals surface area (Å²) in [5.74, 6) is 1.27. The summed E-state index contributed by atoms with van der Waals surface area (Å²) in [6, 6.07) is 0. The summed E-state index contributed by atoms with van der Waals surface area (Å²) in [5.41, 5.74) is -0.592. The van der Waals surface area contributed by atoms with Crippen LogP contribution in [0.1, 0.15) is 51.9 Å². The van der Waals surface area contributed by atoms with Gasteiger partial charge in [0.05, 0.1) is 5.41 Å². The van der Waals surface area contributed by atoms with Crippen molar-refractivity contribution in [3.05, 3.63) is 0 Å². The van der Waals surface area contributed by atoms with Crippen molar-refractivity contribution < 1.29 is 14.7 Å². The molecule has 0 aromatic carbocycles. The monoisotopic (exact) mass is 279 g/mol. The quantitative estimate of drug-likeness (QED) is 0.863. The van der Waals surface area contributed by atoms with Gasteiger partial charge in [-0.15, -0.1) is 0 Å². The number of hydrogen-bond acceptors (Lipinski definition) is 2. The lowest BCUT2D eigenvalue weighted by atomic mass is 9.76. The van der Waals surface area contributed by atoms with Gasteiger partial charge in [0.15, 0.2) is 0 Å². The van der Waals surface area contributed by atoms with E-state index in [4.69, 9.17) is 0 Å².